The molecule has 184 valence electrons. The highest BCUT2D eigenvalue weighted by atomic mass is 15.6. The Bertz CT molecular complexity index is 1300. The maximum absolute atomic E-state index is 4.59. The fourth-order valence-electron chi connectivity index (χ4n) is 5.13. The summed E-state index contributed by atoms with van der Waals surface area (Å²) in [6, 6.07) is 25.6. The lowest BCUT2D eigenvalue weighted by molar-refractivity contribution is 0.113. The number of aryl methyl sites for hydroxylation is 3. The number of piperazine rings is 1. The topological polar surface area (TPSA) is 50.1 Å². The first-order valence-electron chi connectivity index (χ1n) is 12.7. The smallest absolute Gasteiger partial charge is 0.178 e. The van der Waals surface area contributed by atoms with Crippen molar-refractivity contribution in [2.75, 3.05) is 32.7 Å². The monoisotopic (exact) mass is 478 g/mol. The lowest BCUT2D eigenvalue weighted by Crippen LogP contribution is -2.48. The van der Waals surface area contributed by atoms with E-state index in [1.165, 1.54) is 27.8 Å². The molecule has 0 bridgehead atoms. The summed E-state index contributed by atoms with van der Waals surface area (Å²) >= 11 is 0. The Kier molecular flexibility index (Phi) is 7.35. The number of benzene rings is 3. The Hall–Kier alpha value is -3.61. The minimum Gasteiger partial charge on any atom is -0.297 e. The zero-order valence-corrected chi connectivity index (χ0v) is 21.4. The van der Waals surface area contributed by atoms with E-state index in [1.54, 1.807) is 0 Å². The van der Waals surface area contributed by atoms with E-state index in [0.717, 1.165) is 44.2 Å². The van der Waals surface area contributed by atoms with E-state index in [2.05, 4.69) is 131 Å². The molecule has 4 aromatic rings. The lowest BCUT2D eigenvalue weighted by atomic mass is 10.0. The van der Waals surface area contributed by atoms with Crippen LogP contribution in [0.1, 0.15) is 39.7 Å². The second-order valence-electron chi connectivity index (χ2n) is 9.66. The molecule has 6 nitrogen and oxygen atoms in total. The van der Waals surface area contributed by atoms with Gasteiger partial charge in [-0.1, -0.05) is 90.5 Å². The second kappa shape index (κ2) is 11.0. The SMILES string of the molecule is Cc1cccc([C@@H](c2nnnn2-c2c(C)cccc2C)N2CCN(CC=Cc3ccccc3)CC2)c1. The first kappa shape index (κ1) is 24.1. The van der Waals surface area contributed by atoms with Crippen LogP contribution in [0.2, 0.25) is 0 Å². The van der Waals surface area contributed by atoms with Crippen LogP contribution < -0.4 is 0 Å². The lowest BCUT2D eigenvalue weighted by Gasteiger charge is -2.38. The van der Waals surface area contributed by atoms with Crippen LogP contribution in [0.5, 0.6) is 0 Å². The highest BCUT2D eigenvalue weighted by molar-refractivity contribution is 5.49. The predicted octanol–water partition coefficient (Wildman–Crippen LogP) is 5.01. The summed E-state index contributed by atoms with van der Waals surface area (Å²) in [5.41, 5.74) is 7.12. The van der Waals surface area contributed by atoms with Gasteiger partial charge in [0, 0.05) is 32.7 Å². The van der Waals surface area contributed by atoms with Crippen LogP contribution in [0.4, 0.5) is 0 Å². The van der Waals surface area contributed by atoms with Crippen LogP contribution in [0.15, 0.2) is 78.9 Å². The Morgan fingerprint density at radius 2 is 1.56 bits per heavy atom. The normalized spacial score (nSPS) is 16.0. The molecule has 0 amide bonds. The molecular formula is C30H34N6. The van der Waals surface area contributed by atoms with E-state index in [9.17, 15) is 0 Å². The van der Waals surface area contributed by atoms with Crippen LogP contribution in [0.25, 0.3) is 11.8 Å². The summed E-state index contributed by atoms with van der Waals surface area (Å²) < 4.78 is 1.95. The molecule has 1 aromatic heterocycles. The van der Waals surface area contributed by atoms with Crippen LogP contribution >= 0.6 is 0 Å². The van der Waals surface area contributed by atoms with Crippen LogP contribution in [-0.2, 0) is 0 Å². The van der Waals surface area contributed by atoms with Gasteiger partial charge in [-0.3, -0.25) is 9.80 Å². The van der Waals surface area contributed by atoms with Crippen molar-refractivity contribution in [3.05, 3.63) is 113 Å². The first-order valence-corrected chi connectivity index (χ1v) is 12.7. The van der Waals surface area contributed by atoms with E-state index < -0.39 is 0 Å². The maximum atomic E-state index is 4.59. The number of hydrogen-bond donors (Lipinski definition) is 0. The van der Waals surface area contributed by atoms with E-state index in [-0.39, 0.29) is 6.04 Å². The first-order chi connectivity index (χ1) is 17.6. The number of para-hydroxylation sites is 1. The summed E-state index contributed by atoms with van der Waals surface area (Å²) in [5, 5.41) is 13.2. The van der Waals surface area contributed by atoms with Gasteiger partial charge in [-0.25, -0.2) is 0 Å². The van der Waals surface area contributed by atoms with E-state index >= 15 is 0 Å². The zero-order valence-electron chi connectivity index (χ0n) is 21.4. The quantitative estimate of drug-likeness (QED) is 0.374. The average Bonchev–Trinajstić information content (AvgIpc) is 3.34. The van der Waals surface area contributed by atoms with Gasteiger partial charge in [0.15, 0.2) is 5.82 Å². The van der Waals surface area contributed by atoms with Crippen molar-refractivity contribution in [3.8, 4) is 5.69 Å². The van der Waals surface area contributed by atoms with Crippen molar-refractivity contribution >= 4 is 6.08 Å². The number of nitrogens with zero attached hydrogens (tertiary/aromatic N) is 6. The van der Waals surface area contributed by atoms with Crippen LogP contribution in [0, 0.1) is 20.8 Å². The fraction of sp³-hybridized carbons (Fsp3) is 0.300. The van der Waals surface area contributed by atoms with E-state index in [0.29, 0.717) is 0 Å². The molecule has 1 aliphatic heterocycles. The van der Waals surface area contributed by atoms with E-state index in [4.69, 9.17) is 0 Å². The number of aromatic nitrogens is 4. The molecule has 0 spiro atoms. The molecule has 2 heterocycles. The predicted molar refractivity (Wildman–Crippen MR) is 145 cm³/mol. The van der Waals surface area contributed by atoms with Gasteiger partial charge in [0.1, 0.15) is 0 Å². The second-order valence-corrected chi connectivity index (χ2v) is 9.66. The summed E-state index contributed by atoms with van der Waals surface area (Å²) in [6.07, 6.45) is 4.48. The van der Waals surface area contributed by atoms with Gasteiger partial charge >= 0.3 is 0 Å². The average molecular weight is 479 g/mol. The third-order valence-corrected chi connectivity index (χ3v) is 6.99. The highest BCUT2D eigenvalue weighted by Crippen LogP contribution is 2.31. The van der Waals surface area contributed by atoms with Gasteiger partial charge in [-0.15, -0.1) is 5.10 Å². The molecule has 0 radical (unpaired) electrons. The maximum Gasteiger partial charge on any atom is 0.178 e. The summed E-state index contributed by atoms with van der Waals surface area (Å²) in [4.78, 5) is 5.04. The van der Waals surface area contributed by atoms with Gasteiger partial charge in [-0.05, 0) is 53.5 Å². The van der Waals surface area contributed by atoms with Crippen LogP contribution in [0.3, 0.4) is 0 Å². The van der Waals surface area contributed by atoms with Crippen molar-refractivity contribution in [2.45, 2.75) is 26.8 Å². The number of tetrazole rings is 1. The highest BCUT2D eigenvalue weighted by Gasteiger charge is 2.31. The zero-order chi connectivity index (χ0) is 24.9. The van der Waals surface area contributed by atoms with Crippen LogP contribution in [-0.4, -0.2) is 62.7 Å². The van der Waals surface area contributed by atoms with Gasteiger partial charge in [0.05, 0.1) is 11.7 Å². The van der Waals surface area contributed by atoms with Gasteiger partial charge < -0.3 is 0 Å². The molecule has 0 aliphatic carbocycles. The third kappa shape index (κ3) is 5.30. The van der Waals surface area contributed by atoms with Crippen molar-refractivity contribution < 1.29 is 0 Å². The Morgan fingerprint density at radius 1 is 0.833 bits per heavy atom. The summed E-state index contributed by atoms with van der Waals surface area (Å²) in [6.45, 7) is 11.3. The molecule has 6 heteroatoms. The molecule has 36 heavy (non-hydrogen) atoms. The number of rotatable bonds is 7. The van der Waals surface area contributed by atoms with Gasteiger partial charge in [-0.2, -0.15) is 4.68 Å². The van der Waals surface area contributed by atoms with Crippen molar-refractivity contribution in [1.29, 1.82) is 0 Å². The van der Waals surface area contributed by atoms with Crippen molar-refractivity contribution in [1.82, 2.24) is 30.0 Å². The fourth-order valence-corrected chi connectivity index (χ4v) is 5.13. The minimum absolute atomic E-state index is 0.0130. The molecule has 1 fully saturated rings. The Labute approximate surface area is 213 Å². The molecular weight excluding hydrogens is 444 g/mol. The molecule has 1 aliphatic rings. The van der Waals surface area contributed by atoms with Crippen molar-refractivity contribution in [3.63, 3.8) is 0 Å². The molecule has 5 rings (SSSR count). The minimum atomic E-state index is -0.0130. The molecule has 0 N–H and O–H groups in total. The molecule has 0 unspecified atom stereocenters. The Balaban J connectivity index is 1.39. The largest absolute Gasteiger partial charge is 0.297 e. The molecule has 0 saturated carbocycles. The van der Waals surface area contributed by atoms with Gasteiger partial charge in [0.2, 0.25) is 0 Å². The summed E-state index contributed by atoms with van der Waals surface area (Å²) in [5.74, 6) is 0.871. The van der Waals surface area contributed by atoms with Gasteiger partial charge in [0.25, 0.3) is 0 Å². The molecule has 1 atom stereocenters. The Morgan fingerprint density at radius 3 is 2.28 bits per heavy atom. The third-order valence-electron chi connectivity index (χ3n) is 6.99. The summed E-state index contributed by atoms with van der Waals surface area (Å²) in [7, 11) is 0. The van der Waals surface area contributed by atoms with Crippen molar-refractivity contribution in [2.24, 2.45) is 0 Å². The number of hydrogen-bond acceptors (Lipinski definition) is 5. The van der Waals surface area contributed by atoms with E-state index in [1.807, 2.05) is 4.68 Å². The molecule has 1 saturated heterocycles. The molecule has 3 aromatic carbocycles. The standard InChI is InChI=1S/C30H34N6/c1-23-10-7-16-27(22-23)29(30-31-32-33-36(30)28-24(2)11-8-12-25(28)3)35-20-18-34(19-21-35)17-9-15-26-13-5-4-6-14-26/h4-16,22,29H,17-21H2,1-3H3/t29-/m0/s1.